The summed E-state index contributed by atoms with van der Waals surface area (Å²) in [5, 5.41) is 9.65. The third-order valence-electron chi connectivity index (χ3n) is 2.54. The van der Waals surface area contributed by atoms with Crippen molar-refractivity contribution in [3.8, 4) is 11.3 Å². The number of hydrogen-bond acceptors (Lipinski definition) is 5. The molecule has 6 nitrogen and oxygen atoms in total. The van der Waals surface area contributed by atoms with Gasteiger partial charge in [0.2, 0.25) is 0 Å². The molecule has 2 aromatic rings. The van der Waals surface area contributed by atoms with Crippen LogP contribution in [0.2, 0.25) is 0 Å². The number of amides is 1. The van der Waals surface area contributed by atoms with E-state index in [4.69, 9.17) is 4.52 Å². The minimum Gasteiger partial charge on any atom is -0.355 e. The molecule has 2 heterocycles. The SMILES string of the molecule is CCNCCNC(=O)c1cc(-c2ccncc2)on1.Cl.Cl. The van der Waals surface area contributed by atoms with Crippen LogP contribution in [-0.4, -0.2) is 35.7 Å². The number of carbonyl (C=O) groups is 1. The Kier molecular flexibility index (Phi) is 9.36. The third-order valence-corrected chi connectivity index (χ3v) is 2.54. The van der Waals surface area contributed by atoms with Crippen LogP contribution in [-0.2, 0) is 0 Å². The highest BCUT2D eigenvalue weighted by Crippen LogP contribution is 2.18. The van der Waals surface area contributed by atoms with E-state index in [9.17, 15) is 4.79 Å². The first-order valence-electron chi connectivity index (χ1n) is 6.17. The number of carbonyl (C=O) groups excluding carboxylic acids is 1. The maximum Gasteiger partial charge on any atom is 0.273 e. The van der Waals surface area contributed by atoms with E-state index in [1.807, 2.05) is 6.92 Å². The summed E-state index contributed by atoms with van der Waals surface area (Å²) in [5.74, 6) is 0.321. The molecule has 116 valence electrons. The van der Waals surface area contributed by atoms with Gasteiger partial charge in [-0.2, -0.15) is 0 Å². The van der Waals surface area contributed by atoms with Gasteiger partial charge in [-0.05, 0) is 18.7 Å². The van der Waals surface area contributed by atoms with Gasteiger partial charge in [0.1, 0.15) is 0 Å². The Labute approximate surface area is 135 Å². The van der Waals surface area contributed by atoms with E-state index in [0.717, 1.165) is 18.7 Å². The molecule has 0 bridgehead atoms. The van der Waals surface area contributed by atoms with Gasteiger partial charge in [-0.3, -0.25) is 9.78 Å². The maximum atomic E-state index is 11.8. The number of nitrogens with one attached hydrogen (secondary N) is 2. The fourth-order valence-corrected chi connectivity index (χ4v) is 1.57. The topological polar surface area (TPSA) is 80.0 Å². The van der Waals surface area contributed by atoms with E-state index in [0.29, 0.717) is 12.3 Å². The standard InChI is InChI=1S/C13H16N4O2.2ClH/c1-2-14-7-8-16-13(18)11-9-12(19-17-11)10-3-5-15-6-4-10;;/h3-6,9,14H,2,7-8H2,1H3,(H,16,18);2*1H. The maximum absolute atomic E-state index is 11.8. The Morgan fingerprint density at radius 2 is 1.95 bits per heavy atom. The van der Waals surface area contributed by atoms with E-state index in [-0.39, 0.29) is 36.4 Å². The van der Waals surface area contributed by atoms with E-state index in [2.05, 4.69) is 20.8 Å². The van der Waals surface area contributed by atoms with E-state index < -0.39 is 0 Å². The normalized spacial score (nSPS) is 9.38. The molecule has 0 unspecified atom stereocenters. The molecule has 0 aromatic carbocycles. The van der Waals surface area contributed by atoms with Crippen LogP contribution in [0.15, 0.2) is 35.1 Å². The van der Waals surface area contributed by atoms with Crippen LogP contribution in [0, 0.1) is 0 Å². The second kappa shape index (κ2) is 10.1. The Morgan fingerprint density at radius 1 is 1.24 bits per heavy atom. The highest BCUT2D eigenvalue weighted by molar-refractivity contribution is 5.93. The quantitative estimate of drug-likeness (QED) is 0.790. The highest BCUT2D eigenvalue weighted by atomic mass is 35.5. The molecular formula is C13H18Cl2N4O2. The molecule has 0 saturated heterocycles. The number of rotatable bonds is 6. The monoisotopic (exact) mass is 332 g/mol. The number of nitrogens with zero attached hydrogens (tertiary/aromatic N) is 2. The largest absolute Gasteiger partial charge is 0.355 e. The van der Waals surface area contributed by atoms with Crippen LogP contribution in [0.4, 0.5) is 0 Å². The second-order valence-electron chi connectivity index (χ2n) is 3.92. The first-order chi connectivity index (χ1) is 9.31. The summed E-state index contributed by atoms with van der Waals surface area (Å²) in [7, 11) is 0. The zero-order valence-corrected chi connectivity index (χ0v) is 13.2. The second-order valence-corrected chi connectivity index (χ2v) is 3.92. The van der Waals surface area contributed by atoms with Crippen LogP contribution in [0.3, 0.4) is 0 Å². The lowest BCUT2D eigenvalue weighted by molar-refractivity contribution is 0.0945. The predicted octanol–water partition coefficient (Wildman–Crippen LogP) is 1.92. The fraction of sp³-hybridized carbons (Fsp3) is 0.308. The summed E-state index contributed by atoms with van der Waals surface area (Å²) < 4.78 is 5.15. The number of hydrogen-bond donors (Lipinski definition) is 2. The average molecular weight is 333 g/mol. The lowest BCUT2D eigenvalue weighted by Crippen LogP contribution is -2.31. The van der Waals surface area contributed by atoms with Crippen molar-refractivity contribution in [3.05, 3.63) is 36.3 Å². The summed E-state index contributed by atoms with van der Waals surface area (Å²) in [5.41, 5.74) is 1.12. The molecule has 0 aliphatic carbocycles. The molecule has 0 aliphatic rings. The minimum atomic E-state index is -0.234. The molecule has 0 aliphatic heterocycles. The van der Waals surface area contributed by atoms with E-state index in [1.165, 1.54) is 0 Å². The highest BCUT2D eigenvalue weighted by Gasteiger charge is 2.12. The molecule has 2 N–H and O–H groups in total. The molecule has 0 radical (unpaired) electrons. The average Bonchev–Trinajstić information content (AvgIpc) is 2.94. The molecule has 2 aromatic heterocycles. The molecule has 2 rings (SSSR count). The van der Waals surface area contributed by atoms with Crippen molar-refractivity contribution in [2.24, 2.45) is 0 Å². The molecular weight excluding hydrogens is 315 g/mol. The van der Waals surface area contributed by atoms with Gasteiger partial charge in [-0.15, -0.1) is 24.8 Å². The van der Waals surface area contributed by atoms with Crippen molar-refractivity contribution < 1.29 is 9.32 Å². The van der Waals surface area contributed by atoms with Crippen LogP contribution >= 0.6 is 24.8 Å². The molecule has 0 fully saturated rings. The van der Waals surface area contributed by atoms with E-state index >= 15 is 0 Å². The van der Waals surface area contributed by atoms with Gasteiger partial charge in [0.05, 0.1) is 0 Å². The Bertz CT molecular complexity index is 534. The van der Waals surface area contributed by atoms with Gasteiger partial charge in [0.25, 0.3) is 5.91 Å². The fourth-order valence-electron chi connectivity index (χ4n) is 1.57. The predicted molar refractivity (Wildman–Crippen MR) is 85.1 cm³/mol. The lowest BCUT2D eigenvalue weighted by atomic mass is 10.2. The van der Waals surface area contributed by atoms with Crippen LogP contribution in [0.5, 0.6) is 0 Å². The van der Waals surface area contributed by atoms with Crippen molar-refractivity contribution >= 4 is 30.7 Å². The zero-order chi connectivity index (χ0) is 13.5. The molecule has 0 atom stereocenters. The van der Waals surface area contributed by atoms with Crippen molar-refractivity contribution in [2.45, 2.75) is 6.92 Å². The summed E-state index contributed by atoms with van der Waals surface area (Å²) >= 11 is 0. The number of pyridine rings is 1. The summed E-state index contributed by atoms with van der Waals surface area (Å²) in [6, 6.07) is 5.22. The summed E-state index contributed by atoms with van der Waals surface area (Å²) in [6.07, 6.45) is 3.32. The number of aromatic nitrogens is 2. The Hall–Kier alpha value is -1.63. The first-order valence-corrected chi connectivity index (χ1v) is 6.17. The van der Waals surface area contributed by atoms with Crippen molar-refractivity contribution in [1.82, 2.24) is 20.8 Å². The molecule has 21 heavy (non-hydrogen) atoms. The van der Waals surface area contributed by atoms with Crippen molar-refractivity contribution in [3.63, 3.8) is 0 Å². The summed E-state index contributed by atoms with van der Waals surface area (Å²) in [4.78, 5) is 15.7. The van der Waals surface area contributed by atoms with Crippen LogP contribution in [0.25, 0.3) is 11.3 Å². The molecule has 0 saturated carbocycles. The zero-order valence-electron chi connectivity index (χ0n) is 11.5. The Balaban J connectivity index is 0.00000200. The molecule has 1 amide bonds. The van der Waals surface area contributed by atoms with E-state index in [1.54, 1.807) is 30.6 Å². The van der Waals surface area contributed by atoms with Gasteiger partial charge in [-0.25, -0.2) is 0 Å². The van der Waals surface area contributed by atoms with Crippen LogP contribution in [0.1, 0.15) is 17.4 Å². The van der Waals surface area contributed by atoms with Crippen LogP contribution < -0.4 is 10.6 Å². The summed E-state index contributed by atoms with van der Waals surface area (Å²) in [6.45, 7) is 4.19. The van der Waals surface area contributed by atoms with Gasteiger partial charge >= 0.3 is 0 Å². The van der Waals surface area contributed by atoms with Crippen molar-refractivity contribution in [1.29, 1.82) is 0 Å². The Morgan fingerprint density at radius 3 is 2.62 bits per heavy atom. The van der Waals surface area contributed by atoms with Crippen molar-refractivity contribution in [2.75, 3.05) is 19.6 Å². The van der Waals surface area contributed by atoms with Gasteiger partial charge < -0.3 is 15.2 Å². The lowest BCUT2D eigenvalue weighted by Gasteiger charge is -2.02. The third kappa shape index (κ3) is 5.71. The van der Waals surface area contributed by atoms with Gasteiger partial charge in [0.15, 0.2) is 11.5 Å². The number of halogens is 2. The van der Waals surface area contributed by atoms with Gasteiger partial charge in [0, 0.05) is 37.1 Å². The smallest absolute Gasteiger partial charge is 0.273 e. The first kappa shape index (κ1) is 19.4. The molecule has 8 heteroatoms. The van der Waals surface area contributed by atoms with Gasteiger partial charge in [-0.1, -0.05) is 12.1 Å². The number of likely N-dealkylation sites (N-methyl/N-ethyl adjacent to an activating group) is 1. The minimum absolute atomic E-state index is 0. The molecule has 0 spiro atoms.